The molecule has 0 spiro atoms. The van der Waals surface area contributed by atoms with Crippen LogP contribution in [0, 0.1) is 17.7 Å². The fourth-order valence-electron chi connectivity index (χ4n) is 5.59. The van der Waals surface area contributed by atoms with Crippen LogP contribution in [0.2, 0.25) is 5.02 Å². The third-order valence-corrected chi connectivity index (χ3v) is 10.5. The van der Waals surface area contributed by atoms with Crippen molar-refractivity contribution in [3.63, 3.8) is 0 Å². The number of rotatable bonds is 5. The van der Waals surface area contributed by atoms with Crippen molar-refractivity contribution in [2.75, 3.05) is 5.32 Å². The Morgan fingerprint density at radius 2 is 1.76 bits per heavy atom. The Labute approximate surface area is 198 Å². The lowest BCUT2D eigenvalue weighted by molar-refractivity contribution is -0.0413. The van der Waals surface area contributed by atoms with Crippen LogP contribution < -0.4 is 5.32 Å². The largest absolute Gasteiger partial charge is 0.390 e. The zero-order chi connectivity index (χ0) is 23.5. The van der Waals surface area contributed by atoms with Crippen molar-refractivity contribution in [2.45, 2.75) is 67.1 Å². The number of sulfone groups is 1. The van der Waals surface area contributed by atoms with Gasteiger partial charge in [0.15, 0.2) is 9.84 Å². The first-order valence-electron chi connectivity index (χ1n) is 11.4. The minimum absolute atomic E-state index is 0.0551. The van der Waals surface area contributed by atoms with E-state index in [4.69, 9.17) is 11.6 Å². The summed E-state index contributed by atoms with van der Waals surface area (Å²) in [6.45, 7) is 1.81. The van der Waals surface area contributed by atoms with Gasteiger partial charge in [0.1, 0.15) is 5.82 Å². The van der Waals surface area contributed by atoms with Gasteiger partial charge < -0.3 is 10.4 Å². The predicted molar refractivity (Wildman–Crippen MR) is 125 cm³/mol. The summed E-state index contributed by atoms with van der Waals surface area (Å²) < 4.78 is 41.0. The lowest BCUT2D eigenvalue weighted by Crippen LogP contribution is -2.45. The number of hydrogen-bond acceptors (Lipinski definition) is 4. The van der Waals surface area contributed by atoms with E-state index in [-0.39, 0.29) is 39.1 Å². The second kappa shape index (κ2) is 8.07. The van der Waals surface area contributed by atoms with Crippen LogP contribution >= 0.6 is 11.6 Å². The van der Waals surface area contributed by atoms with Crippen molar-refractivity contribution in [2.24, 2.45) is 11.8 Å². The summed E-state index contributed by atoms with van der Waals surface area (Å²) in [6, 6.07) is 8.72. The van der Waals surface area contributed by atoms with E-state index in [1.54, 1.807) is 13.0 Å². The highest BCUT2D eigenvalue weighted by Crippen LogP contribution is 2.51. The van der Waals surface area contributed by atoms with Crippen molar-refractivity contribution in [1.29, 1.82) is 0 Å². The van der Waals surface area contributed by atoms with E-state index in [2.05, 4.69) is 5.32 Å². The van der Waals surface area contributed by atoms with Crippen LogP contribution in [0.4, 0.5) is 10.1 Å². The molecule has 0 radical (unpaired) electrons. The zero-order valence-corrected chi connectivity index (χ0v) is 19.9. The number of aliphatic hydroxyl groups is 1. The Hall–Kier alpha value is -1.96. The van der Waals surface area contributed by atoms with Gasteiger partial charge in [0.25, 0.3) is 5.91 Å². The molecule has 8 heteroatoms. The Morgan fingerprint density at radius 3 is 2.39 bits per heavy atom. The van der Waals surface area contributed by atoms with E-state index in [0.717, 1.165) is 25.7 Å². The van der Waals surface area contributed by atoms with Gasteiger partial charge in [-0.25, -0.2) is 12.8 Å². The third-order valence-electron chi connectivity index (χ3n) is 7.82. The van der Waals surface area contributed by atoms with Gasteiger partial charge in [-0.3, -0.25) is 4.79 Å². The molecular formula is C25H27ClFNO4S. The standard InChI is InChI=1S/C25H27ClFNO4S/c1-25(30)16-5-6-17(25)12-19(11-16)33(31,32)23-10-15(4-8-21(23)26)24(29)28-18-7-9-22(27)20(13-18)14-2-3-14/h4,7-10,13-14,16-17,19,30H,2-3,5-6,11-12H2,1H3,(H,28,29)/t16-,17?,19-,25-/m0/s1. The first-order chi connectivity index (χ1) is 15.6. The molecule has 3 aliphatic carbocycles. The Balaban J connectivity index is 1.39. The molecular weight excluding hydrogens is 465 g/mol. The van der Waals surface area contributed by atoms with Gasteiger partial charge in [-0.2, -0.15) is 0 Å². The second-order valence-corrected chi connectivity index (χ2v) is 12.5. The van der Waals surface area contributed by atoms with Crippen molar-refractivity contribution >= 4 is 33.0 Å². The van der Waals surface area contributed by atoms with Crippen LogP contribution in [0.25, 0.3) is 0 Å². The van der Waals surface area contributed by atoms with Crippen LogP contribution in [0.3, 0.4) is 0 Å². The monoisotopic (exact) mass is 491 g/mol. The molecule has 5 rings (SSSR count). The second-order valence-electron chi connectivity index (χ2n) is 9.95. The Morgan fingerprint density at radius 1 is 1.09 bits per heavy atom. The summed E-state index contributed by atoms with van der Waals surface area (Å²) in [5, 5.41) is 12.9. The summed E-state index contributed by atoms with van der Waals surface area (Å²) in [5.41, 5.74) is 0.399. The van der Waals surface area contributed by atoms with Gasteiger partial charge in [-0.15, -0.1) is 0 Å². The van der Waals surface area contributed by atoms with Gasteiger partial charge in [0.05, 0.1) is 20.8 Å². The van der Waals surface area contributed by atoms with E-state index in [1.165, 1.54) is 30.3 Å². The number of fused-ring (bicyclic) bond motifs is 2. The van der Waals surface area contributed by atoms with Crippen LogP contribution in [0.5, 0.6) is 0 Å². The van der Waals surface area contributed by atoms with Crippen molar-refractivity contribution in [1.82, 2.24) is 0 Å². The molecule has 1 amide bonds. The topological polar surface area (TPSA) is 83.5 Å². The lowest BCUT2D eigenvalue weighted by Gasteiger charge is -2.40. The SMILES string of the molecule is C[C@@]1(O)C2CC[C@H]1C[C@H](S(=O)(=O)c1cc(C(=O)Nc3ccc(F)c(C4CC4)c3)ccc1Cl)C2. The molecule has 0 aliphatic heterocycles. The average molecular weight is 492 g/mol. The quantitative estimate of drug-likeness (QED) is 0.592. The van der Waals surface area contributed by atoms with E-state index in [0.29, 0.717) is 24.1 Å². The van der Waals surface area contributed by atoms with Crippen LogP contribution in [0.1, 0.15) is 67.3 Å². The number of anilines is 1. The number of carbonyl (C=O) groups excluding carboxylic acids is 1. The fourth-order valence-corrected chi connectivity index (χ4v) is 7.99. The van der Waals surface area contributed by atoms with E-state index < -0.39 is 26.6 Å². The van der Waals surface area contributed by atoms with Crippen molar-refractivity contribution in [3.8, 4) is 0 Å². The number of halogens is 2. The maximum absolute atomic E-state index is 14.0. The summed E-state index contributed by atoms with van der Waals surface area (Å²) in [6.07, 6.45) is 4.28. The molecule has 2 aromatic carbocycles. The molecule has 1 unspecified atom stereocenters. The van der Waals surface area contributed by atoms with Crippen LogP contribution in [0.15, 0.2) is 41.3 Å². The van der Waals surface area contributed by atoms with E-state index >= 15 is 0 Å². The van der Waals surface area contributed by atoms with Gasteiger partial charge >= 0.3 is 0 Å². The molecule has 0 aromatic heterocycles. The highest BCUT2D eigenvalue weighted by atomic mass is 35.5. The first kappa shape index (κ1) is 22.8. The average Bonchev–Trinajstić information content (AvgIpc) is 3.58. The number of hydrogen-bond donors (Lipinski definition) is 2. The summed E-state index contributed by atoms with van der Waals surface area (Å²) in [7, 11) is -3.79. The Kier molecular flexibility index (Phi) is 5.58. The lowest BCUT2D eigenvalue weighted by atomic mass is 9.76. The zero-order valence-electron chi connectivity index (χ0n) is 18.4. The molecule has 2 aromatic rings. The fraction of sp³-hybridized carbons (Fsp3) is 0.480. The molecule has 2 bridgehead atoms. The molecule has 0 saturated heterocycles. The molecule has 4 atom stereocenters. The smallest absolute Gasteiger partial charge is 0.255 e. The van der Waals surface area contributed by atoms with Crippen LogP contribution in [-0.2, 0) is 9.84 Å². The molecule has 33 heavy (non-hydrogen) atoms. The van der Waals surface area contributed by atoms with E-state index in [1.807, 2.05) is 0 Å². The molecule has 2 N–H and O–H groups in total. The predicted octanol–water partition coefficient (Wildman–Crippen LogP) is 5.32. The maximum Gasteiger partial charge on any atom is 0.255 e. The number of nitrogens with one attached hydrogen (secondary N) is 1. The maximum atomic E-state index is 14.0. The van der Waals surface area contributed by atoms with Gasteiger partial charge in [0.2, 0.25) is 0 Å². The number of amides is 1. The number of carbonyl (C=O) groups is 1. The summed E-state index contributed by atoms with van der Waals surface area (Å²) in [4.78, 5) is 12.8. The highest BCUT2D eigenvalue weighted by Gasteiger charge is 2.53. The van der Waals surface area contributed by atoms with Gasteiger partial charge in [-0.05, 0) is 105 Å². The van der Waals surface area contributed by atoms with E-state index in [9.17, 15) is 22.7 Å². The molecule has 3 saturated carbocycles. The number of benzene rings is 2. The van der Waals surface area contributed by atoms with Crippen LogP contribution in [-0.4, -0.2) is 30.3 Å². The highest BCUT2D eigenvalue weighted by molar-refractivity contribution is 7.92. The molecule has 0 heterocycles. The van der Waals surface area contributed by atoms with Gasteiger partial charge in [0, 0.05) is 11.3 Å². The molecule has 5 nitrogen and oxygen atoms in total. The summed E-state index contributed by atoms with van der Waals surface area (Å²) in [5.74, 6) is -0.680. The minimum atomic E-state index is -3.79. The Bertz CT molecular complexity index is 1210. The molecule has 176 valence electrons. The normalized spacial score (nSPS) is 29.2. The summed E-state index contributed by atoms with van der Waals surface area (Å²) >= 11 is 6.29. The van der Waals surface area contributed by atoms with Gasteiger partial charge in [-0.1, -0.05) is 11.6 Å². The molecule has 3 fully saturated rings. The van der Waals surface area contributed by atoms with Crippen molar-refractivity contribution in [3.05, 3.63) is 58.4 Å². The van der Waals surface area contributed by atoms with Crippen molar-refractivity contribution < 1.29 is 22.7 Å². The third kappa shape index (κ3) is 4.08. The minimum Gasteiger partial charge on any atom is -0.390 e. The molecule has 3 aliphatic rings. The first-order valence-corrected chi connectivity index (χ1v) is 13.4.